The molecule has 0 aromatic carbocycles. The Balaban J connectivity index is 1.79. The van der Waals surface area contributed by atoms with E-state index in [0.717, 1.165) is 19.1 Å². The van der Waals surface area contributed by atoms with E-state index in [0.29, 0.717) is 6.04 Å². The van der Waals surface area contributed by atoms with Gasteiger partial charge in [0, 0.05) is 38.3 Å². The SMILES string of the molecule is CCNCC(C)N1CCN2CCCCC2C1. The highest BCUT2D eigenvalue weighted by Gasteiger charge is 2.30. The van der Waals surface area contributed by atoms with Crippen molar-refractivity contribution < 1.29 is 0 Å². The maximum absolute atomic E-state index is 3.46. The molecule has 0 spiro atoms. The third-order valence-corrected chi connectivity index (χ3v) is 4.18. The Morgan fingerprint density at radius 3 is 2.94 bits per heavy atom. The van der Waals surface area contributed by atoms with E-state index in [9.17, 15) is 0 Å². The molecule has 2 heterocycles. The Morgan fingerprint density at radius 2 is 2.12 bits per heavy atom. The minimum Gasteiger partial charge on any atom is -0.315 e. The van der Waals surface area contributed by atoms with E-state index in [1.54, 1.807) is 0 Å². The molecular formula is C13H27N3. The van der Waals surface area contributed by atoms with Crippen LogP contribution in [0.4, 0.5) is 0 Å². The molecule has 0 amide bonds. The van der Waals surface area contributed by atoms with Gasteiger partial charge in [-0.3, -0.25) is 9.80 Å². The molecule has 2 aliphatic heterocycles. The second-order valence-electron chi connectivity index (χ2n) is 5.34. The van der Waals surface area contributed by atoms with E-state index in [-0.39, 0.29) is 0 Å². The number of fused-ring (bicyclic) bond motifs is 1. The summed E-state index contributed by atoms with van der Waals surface area (Å²) in [5.41, 5.74) is 0. The van der Waals surface area contributed by atoms with Gasteiger partial charge in [-0.25, -0.2) is 0 Å². The molecule has 2 aliphatic rings. The molecule has 0 aromatic rings. The van der Waals surface area contributed by atoms with E-state index < -0.39 is 0 Å². The van der Waals surface area contributed by atoms with Crippen LogP contribution in [-0.4, -0.2) is 61.2 Å². The fourth-order valence-electron chi connectivity index (χ4n) is 3.06. The van der Waals surface area contributed by atoms with Crippen LogP contribution in [0, 0.1) is 0 Å². The Kier molecular flexibility index (Phi) is 4.62. The Labute approximate surface area is 100 Å². The second-order valence-corrected chi connectivity index (χ2v) is 5.34. The van der Waals surface area contributed by atoms with Crippen molar-refractivity contribution in [3.8, 4) is 0 Å². The summed E-state index contributed by atoms with van der Waals surface area (Å²) < 4.78 is 0. The molecule has 0 aromatic heterocycles. The van der Waals surface area contributed by atoms with Gasteiger partial charge in [-0.2, -0.15) is 0 Å². The maximum atomic E-state index is 3.46. The van der Waals surface area contributed by atoms with Crippen LogP contribution in [0.1, 0.15) is 33.1 Å². The molecule has 16 heavy (non-hydrogen) atoms. The van der Waals surface area contributed by atoms with Crippen LogP contribution < -0.4 is 5.32 Å². The Hall–Kier alpha value is -0.120. The third kappa shape index (κ3) is 2.96. The number of likely N-dealkylation sites (N-methyl/N-ethyl adjacent to an activating group) is 1. The lowest BCUT2D eigenvalue weighted by Crippen LogP contribution is -2.58. The highest BCUT2D eigenvalue weighted by atomic mass is 15.3. The first-order valence-electron chi connectivity index (χ1n) is 7.00. The van der Waals surface area contributed by atoms with Gasteiger partial charge >= 0.3 is 0 Å². The fourth-order valence-corrected chi connectivity index (χ4v) is 3.06. The molecule has 3 heteroatoms. The summed E-state index contributed by atoms with van der Waals surface area (Å²) in [6, 6.07) is 1.55. The summed E-state index contributed by atoms with van der Waals surface area (Å²) in [7, 11) is 0. The number of hydrogen-bond acceptors (Lipinski definition) is 3. The quantitative estimate of drug-likeness (QED) is 0.774. The molecule has 2 rings (SSSR count). The number of piperazine rings is 1. The van der Waals surface area contributed by atoms with Crippen LogP contribution in [0.5, 0.6) is 0 Å². The first-order valence-corrected chi connectivity index (χ1v) is 7.00. The van der Waals surface area contributed by atoms with Crippen LogP contribution in [0.25, 0.3) is 0 Å². The fraction of sp³-hybridized carbons (Fsp3) is 1.00. The van der Waals surface area contributed by atoms with Crippen LogP contribution in [0.3, 0.4) is 0 Å². The first-order chi connectivity index (χ1) is 7.81. The van der Waals surface area contributed by atoms with Gasteiger partial charge in [-0.1, -0.05) is 13.3 Å². The van der Waals surface area contributed by atoms with Gasteiger partial charge in [0.25, 0.3) is 0 Å². The molecule has 0 aliphatic carbocycles. The zero-order valence-electron chi connectivity index (χ0n) is 10.9. The summed E-state index contributed by atoms with van der Waals surface area (Å²) in [5.74, 6) is 0. The van der Waals surface area contributed by atoms with Crippen LogP contribution in [0.15, 0.2) is 0 Å². The molecule has 0 bridgehead atoms. The van der Waals surface area contributed by atoms with E-state index in [2.05, 4.69) is 29.0 Å². The number of rotatable bonds is 4. The minimum atomic E-state index is 0.698. The number of hydrogen-bond donors (Lipinski definition) is 1. The molecule has 2 fully saturated rings. The van der Waals surface area contributed by atoms with Gasteiger partial charge in [0.05, 0.1) is 0 Å². The van der Waals surface area contributed by atoms with Gasteiger partial charge in [-0.15, -0.1) is 0 Å². The van der Waals surface area contributed by atoms with Crippen LogP contribution in [-0.2, 0) is 0 Å². The van der Waals surface area contributed by atoms with Crippen molar-refractivity contribution in [3.05, 3.63) is 0 Å². The summed E-state index contributed by atoms with van der Waals surface area (Å²) in [5, 5.41) is 3.46. The average Bonchev–Trinajstić information content (AvgIpc) is 2.35. The highest BCUT2D eigenvalue weighted by molar-refractivity contribution is 4.87. The van der Waals surface area contributed by atoms with Gasteiger partial charge in [0.2, 0.25) is 0 Å². The first kappa shape index (κ1) is 12.3. The molecule has 2 unspecified atom stereocenters. The van der Waals surface area contributed by atoms with Crippen molar-refractivity contribution >= 4 is 0 Å². The maximum Gasteiger partial charge on any atom is 0.0223 e. The van der Waals surface area contributed by atoms with Gasteiger partial charge < -0.3 is 5.32 Å². The lowest BCUT2D eigenvalue weighted by atomic mass is 9.99. The highest BCUT2D eigenvalue weighted by Crippen LogP contribution is 2.21. The molecule has 94 valence electrons. The molecule has 2 atom stereocenters. The smallest absolute Gasteiger partial charge is 0.0223 e. The predicted molar refractivity (Wildman–Crippen MR) is 68.8 cm³/mol. The third-order valence-electron chi connectivity index (χ3n) is 4.18. The summed E-state index contributed by atoms with van der Waals surface area (Å²) in [6.07, 6.45) is 4.28. The van der Waals surface area contributed by atoms with Crippen molar-refractivity contribution in [2.24, 2.45) is 0 Å². The summed E-state index contributed by atoms with van der Waals surface area (Å²) in [6.45, 7) is 12.0. The van der Waals surface area contributed by atoms with E-state index >= 15 is 0 Å². The van der Waals surface area contributed by atoms with Crippen molar-refractivity contribution in [2.45, 2.75) is 45.2 Å². The number of nitrogens with one attached hydrogen (secondary N) is 1. The molecule has 0 radical (unpaired) electrons. The predicted octanol–water partition coefficient (Wildman–Crippen LogP) is 1.15. The minimum absolute atomic E-state index is 0.698. The lowest BCUT2D eigenvalue weighted by Gasteiger charge is -2.46. The monoisotopic (exact) mass is 225 g/mol. The van der Waals surface area contributed by atoms with Gasteiger partial charge in [-0.05, 0) is 32.9 Å². The lowest BCUT2D eigenvalue weighted by molar-refractivity contribution is 0.0313. The molecule has 2 saturated heterocycles. The van der Waals surface area contributed by atoms with Gasteiger partial charge in [0.1, 0.15) is 0 Å². The van der Waals surface area contributed by atoms with Crippen molar-refractivity contribution in [3.63, 3.8) is 0 Å². The van der Waals surface area contributed by atoms with E-state index in [1.807, 2.05) is 0 Å². The standard InChI is InChI=1S/C13H27N3/c1-3-14-10-12(2)16-9-8-15-7-5-4-6-13(15)11-16/h12-14H,3-11H2,1-2H3. The summed E-state index contributed by atoms with van der Waals surface area (Å²) in [4.78, 5) is 5.38. The van der Waals surface area contributed by atoms with Crippen LogP contribution in [0.2, 0.25) is 0 Å². The Bertz CT molecular complexity index is 207. The van der Waals surface area contributed by atoms with Gasteiger partial charge in [0.15, 0.2) is 0 Å². The zero-order valence-corrected chi connectivity index (χ0v) is 10.9. The van der Waals surface area contributed by atoms with Crippen LogP contribution >= 0.6 is 0 Å². The summed E-state index contributed by atoms with van der Waals surface area (Å²) >= 11 is 0. The zero-order chi connectivity index (χ0) is 11.4. The van der Waals surface area contributed by atoms with Crippen molar-refractivity contribution in [2.75, 3.05) is 39.3 Å². The van der Waals surface area contributed by atoms with E-state index in [4.69, 9.17) is 0 Å². The Morgan fingerprint density at radius 1 is 1.25 bits per heavy atom. The largest absolute Gasteiger partial charge is 0.315 e. The number of nitrogens with zero attached hydrogens (tertiary/aromatic N) is 2. The van der Waals surface area contributed by atoms with Crippen molar-refractivity contribution in [1.82, 2.24) is 15.1 Å². The molecule has 3 nitrogen and oxygen atoms in total. The van der Waals surface area contributed by atoms with Crippen molar-refractivity contribution in [1.29, 1.82) is 0 Å². The number of piperidine rings is 1. The topological polar surface area (TPSA) is 18.5 Å². The molecule has 0 saturated carbocycles. The molecular weight excluding hydrogens is 198 g/mol. The normalized spacial score (nSPS) is 30.0. The molecule has 1 N–H and O–H groups in total. The van der Waals surface area contributed by atoms with E-state index in [1.165, 1.54) is 45.4 Å². The average molecular weight is 225 g/mol. The second kappa shape index (κ2) is 5.99.